The highest BCUT2D eigenvalue weighted by Crippen LogP contribution is 2.71. The molecule has 4 rings (SSSR count). The van der Waals surface area contributed by atoms with Gasteiger partial charge in [-0.25, -0.2) is 0 Å². The Morgan fingerprint density at radius 1 is 1.12 bits per heavy atom. The molecule has 1 spiro atoms. The number of thioether (sulfide) groups is 1. The van der Waals surface area contributed by atoms with Gasteiger partial charge in [-0.1, -0.05) is 12.8 Å². The highest BCUT2D eigenvalue weighted by molar-refractivity contribution is 8.02. The van der Waals surface area contributed by atoms with Gasteiger partial charge < -0.3 is 25.4 Å². The van der Waals surface area contributed by atoms with E-state index in [-0.39, 0.29) is 29.1 Å². The molecule has 4 heterocycles. The van der Waals surface area contributed by atoms with Crippen molar-refractivity contribution in [2.45, 2.75) is 61.0 Å². The first kappa shape index (κ1) is 25.7. The third kappa shape index (κ3) is 4.58. The number of likely N-dealkylation sites (tertiary alicyclic amines) is 1. The average Bonchev–Trinajstić information content (AvgIpc) is 3.40. The predicted octanol–water partition coefficient (Wildman–Crippen LogP) is 0.215. The van der Waals surface area contributed by atoms with Crippen molar-refractivity contribution in [2.75, 3.05) is 59.6 Å². The number of aliphatic hydroxyl groups excluding tert-OH is 1. The molecule has 4 aliphatic rings. The first-order chi connectivity index (χ1) is 16.4. The van der Waals surface area contributed by atoms with Crippen LogP contribution in [0.25, 0.3) is 0 Å². The number of carbonyl (C=O) groups is 3. The Labute approximate surface area is 206 Å². The van der Waals surface area contributed by atoms with E-state index >= 15 is 0 Å². The number of hydrogen-bond acceptors (Lipinski definition) is 7. The van der Waals surface area contributed by atoms with Gasteiger partial charge in [-0.05, 0) is 32.6 Å². The normalized spacial score (nSPS) is 35.0. The summed E-state index contributed by atoms with van der Waals surface area (Å²) in [5.74, 6) is -1.09. The molecule has 0 saturated carbocycles. The first-order valence-corrected chi connectivity index (χ1v) is 13.6. The van der Waals surface area contributed by atoms with Gasteiger partial charge in [0.05, 0.1) is 29.8 Å². The minimum atomic E-state index is -0.547. The van der Waals surface area contributed by atoms with Crippen molar-refractivity contribution in [2.24, 2.45) is 11.8 Å². The number of nitrogens with zero attached hydrogens (tertiary/aromatic N) is 2. The Kier molecular flexibility index (Phi) is 8.11. The van der Waals surface area contributed by atoms with Crippen molar-refractivity contribution in [1.82, 2.24) is 20.4 Å². The summed E-state index contributed by atoms with van der Waals surface area (Å²) in [5, 5.41) is 15.0. The average molecular weight is 497 g/mol. The summed E-state index contributed by atoms with van der Waals surface area (Å²) < 4.78 is 4.54. The van der Waals surface area contributed by atoms with Crippen molar-refractivity contribution in [1.29, 1.82) is 0 Å². The quantitative estimate of drug-likeness (QED) is 0.351. The first-order valence-electron chi connectivity index (χ1n) is 12.8. The second-order valence-corrected chi connectivity index (χ2v) is 12.2. The van der Waals surface area contributed by atoms with Crippen LogP contribution in [0.3, 0.4) is 0 Å². The van der Waals surface area contributed by atoms with Gasteiger partial charge >= 0.3 is 0 Å². The fourth-order valence-electron chi connectivity index (χ4n) is 6.53. The topological polar surface area (TPSA) is 111 Å². The molecule has 4 saturated heterocycles. The Hall–Kier alpha value is -1.36. The van der Waals surface area contributed by atoms with Gasteiger partial charge in [0, 0.05) is 51.1 Å². The maximum atomic E-state index is 13.8. The predicted molar refractivity (Wildman–Crippen MR) is 130 cm³/mol. The summed E-state index contributed by atoms with van der Waals surface area (Å²) in [4.78, 5) is 44.4. The van der Waals surface area contributed by atoms with Crippen LogP contribution in [0.5, 0.6) is 0 Å². The van der Waals surface area contributed by atoms with E-state index in [1.165, 1.54) is 0 Å². The van der Waals surface area contributed by atoms with E-state index in [9.17, 15) is 14.4 Å². The van der Waals surface area contributed by atoms with Crippen LogP contribution in [0, 0.1) is 11.8 Å². The molecule has 3 amide bonds. The van der Waals surface area contributed by atoms with E-state index in [1.807, 2.05) is 0 Å². The molecule has 0 aromatic heterocycles. The van der Waals surface area contributed by atoms with Crippen molar-refractivity contribution >= 4 is 29.5 Å². The van der Waals surface area contributed by atoms with Crippen molar-refractivity contribution in [3.8, 4) is 0 Å². The Bertz CT molecular complexity index is 778. The molecule has 0 aliphatic carbocycles. The van der Waals surface area contributed by atoms with E-state index < -0.39 is 22.6 Å². The zero-order valence-corrected chi connectivity index (χ0v) is 21.3. The van der Waals surface area contributed by atoms with Crippen LogP contribution in [0.1, 0.15) is 45.4 Å². The standard InChI is InChI=1S/C24H40N4O5S/c1-23-7-8-24(34-23)18(17(23)20(30)25-2)22(32)28(10-5-3-4-6-14-29)19(24)21(31)26-9-11-27-12-15-33-16-13-27/h17-19,29H,3-16H2,1-2H3,(H,25,30)(H,26,31)/t17-,18+,19?,23+,24?/m1/s1. The van der Waals surface area contributed by atoms with Crippen molar-refractivity contribution in [3.05, 3.63) is 0 Å². The van der Waals surface area contributed by atoms with Gasteiger partial charge in [-0.2, -0.15) is 0 Å². The van der Waals surface area contributed by atoms with Crippen molar-refractivity contribution < 1.29 is 24.2 Å². The molecule has 0 radical (unpaired) electrons. The van der Waals surface area contributed by atoms with E-state index in [4.69, 9.17) is 9.84 Å². The SMILES string of the molecule is CNC(=O)[C@H]1[C@H]2C(=O)N(CCCCCCO)C(C(=O)NCCN3CCOCC3)C23CC[C@]1(C)S3. The number of ether oxygens (including phenoxy) is 1. The lowest BCUT2D eigenvalue weighted by atomic mass is 9.66. The van der Waals surface area contributed by atoms with Gasteiger partial charge in [0.1, 0.15) is 6.04 Å². The Morgan fingerprint density at radius 2 is 1.85 bits per heavy atom. The molecule has 0 aromatic rings. The molecular weight excluding hydrogens is 456 g/mol. The lowest BCUT2D eigenvalue weighted by Crippen LogP contribution is -2.54. The Morgan fingerprint density at radius 3 is 2.56 bits per heavy atom. The number of hydrogen-bond donors (Lipinski definition) is 3. The number of amides is 3. The molecule has 192 valence electrons. The van der Waals surface area contributed by atoms with Gasteiger partial charge in [0.15, 0.2) is 0 Å². The van der Waals surface area contributed by atoms with Crippen LogP contribution in [0.4, 0.5) is 0 Å². The monoisotopic (exact) mass is 496 g/mol. The molecule has 9 nitrogen and oxygen atoms in total. The number of rotatable bonds is 11. The lowest BCUT2D eigenvalue weighted by molar-refractivity contribution is -0.140. The van der Waals surface area contributed by atoms with Crippen LogP contribution >= 0.6 is 11.8 Å². The van der Waals surface area contributed by atoms with Crippen LogP contribution < -0.4 is 10.6 Å². The summed E-state index contributed by atoms with van der Waals surface area (Å²) in [6, 6.07) is -0.547. The zero-order valence-electron chi connectivity index (χ0n) is 20.5. The molecule has 4 aliphatic heterocycles. The Balaban J connectivity index is 1.51. The number of nitrogens with one attached hydrogen (secondary N) is 2. The number of morpholine rings is 1. The van der Waals surface area contributed by atoms with E-state index in [0.717, 1.165) is 71.4 Å². The highest BCUT2D eigenvalue weighted by Gasteiger charge is 2.76. The van der Waals surface area contributed by atoms with Gasteiger partial charge in [-0.3, -0.25) is 19.3 Å². The third-order valence-electron chi connectivity index (χ3n) is 8.19. The second-order valence-electron chi connectivity index (χ2n) is 10.3. The molecular formula is C24H40N4O5S. The summed E-state index contributed by atoms with van der Waals surface area (Å²) in [6.45, 7) is 7.25. The summed E-state index contributed by atoms with van der Waals surface area (Å²) in [6.07, 6.45) is 4.95. The minimum Gasteiger partial charge on any atom is -0.396 e. The molecule has 4 fully saturated rings. The highest BCUT2D eigenvalue weighted by atomic mass is 32.2. The minimum absolute atomic E-state index is 0.0417. The number of carbonyl (C=O) groups excluding carboxylic acids is 3. The fourth-order valence-corrected chi connectivity index (χ4v) is 8.89. The number of unbranched alkanes of at least 4 members (excludes halogenated alkanes) is 3. The van der Waals surface area contributed by atoms with Crippen LogP contribution in [-0.2, 0) is 19.1 Å². The smallest absolute Gasteiger partial charge is 0.244 e. The van der Waals surface area contributed by atoms with E-state index in [0.29, 0.717) is 13.1 Å². The molecule has 34 heavy (non-hydrogen) atoms. The van der Waals surface area contributed by atoms with E-state index in [1.54, 1.807) is 23.7 Å². The summed E-state index contributed by atoms with van der Waals surface area (Å²) in [5.41, 5.74) is 0. The van der Waals surface area contributed by atoms with Crippen molar-refractivity contribution in [3.63, 3.8) is 0 Å². The zero-order chi connectivity index (χ0) is 24.3. The van der Waals surface area contributed by atoms with E-state index in [2.05, 4.69) is 22.5 Å². The third-order valence-corrected chi connectivity index (χ3v) is 10.2. The second kappa shape index (κ2) is 10.7. The molecule has 2 unspecified atom stereocenters. The van der Waals surface area contributed by atoms with Gasteiger partial charge in [-0.15, -0.1) is 11.8 Å². The summed E-state index contributed by atoms with van der Waals surface area (Å²) in [7, 11) is 1.63. The fraction of sp³-hybridized carbons (Fsp3) is 0.875. The molecule has 3 N–H and O–H groups in total. The molecule has 2 bridgehead atoms. The lowest BCUT2D eigenvalue weighted by Gasteiger charge is -2.35. The van der Waals surface area contributed by atoms with Crippen LogP contribution in [-0.4, -0.2) is 108 Å². The maximum absolute atomic E-state index is 13.8. The number of fused-ring (bicyclic) bond motifs is 1. The van der Waals surface area contributed by atoms with Gasteiger partial charge in [0.25, 0.3) is 0 Å². The number of aliphatic hydroxyl groups is 1. The summed E-state index contributed by atoms with van der Waals surface area (Å²) >= 11 is 1.71. The van der Waals surface area contributed by atoms with Gasteiger partial charge in [0.2, 0.25) is 17.7 Å². The largest absolute Gasteiger partial charge is 0.396 e. The molecule has 5 atom stereocenters. The molecule has 10 heteroatoms. The maximum Gasteiger partial charge on any atom is 0.244 e. The van der Waals surface area contributed by atoms with Crippen LogP contribution in [0.15, 0.2) is 0 Å². The molecule has 0 aromatic carbocycles. The van der Waals surface area contributed by atoms with Crippen LogP contribution in [0.2, 0.25) is 0 Å².